The van der Waals surface area contributed by atoms with Gasteiger partial charge in [-0.2, -0.15) is 13.2 Å². The van der Waals surface area contributed by atoms with E-state index in [4.69, 9.17) is 11.5 Å². The van der Waals surface area contributed by atoms with Gasteiger partial charge in [0.05, 0.1) is 11.3 Å². The second kappa shape index (κ2) is 9.85. The van der Waals surface area contributed by atoms with Gasteiger partial charge < -0.3 is 16.4 Å². The Morgan fingerprint density at radius 3 is 2.10 bits per heavy atom. The van der Waals surface area contributed by atoms with Gasteiger partial charge in [-0.15, -0.1) is 10.2 Å². The fourth-order valence-corrected chi connectivity index (χ4v) is 4.28. The van der Waals surface area contributed by atoms with E-state index in [1.165, 1.54) is 38.4 Å². The molecule has 0 amide bonds. The highest BCUT2D eigenvalue weighted by molar-refractivity contribution is 5.78. The minimum Gasteiger partial charge on any atom is -0.398 e. The molecule has 4 N–H and O–H groups in total. The molecule has 0 saturated carbocycles. The number of anilines is 2. The lowest BCUT2D eigenvalue weighted by molar-refractivity contribution is -0.137. The summed E-state index contributed by atoms with van der Waals surface area (Å²) < 4.78 is 38.2. The fraction of sp³-hybridized carbons (Fsp3) is 0.565. The van der Waals surface area contributed by atoms with Gasteiger partial charge >= 0.3 is 6.18 Å². The maximum absolute atomic E-state index is 12.7. The molecule has 31 heavy (non-hydrogen) atoms. The number of halogens is 3. The van der Waals surface area contributed by atoms with Crippen molar-refractivity contribution >= 4 is 11.5 Å². The normalized spacial score (nSPS) is 17.1. The van der Waals surface area contributed by atoms with Crippen molar-refractivity contribution in [3.8, 4) is 11.3 Å². The number of alkyl halides is 3. The van der Waals surface area contributed by atoms with Crippen LogP contribution in [0, 0.1) is 0 Å². The number of hydrogen-bond acceptors (Lipinski definition) is 5. The minimum absolute atomic E-state index is 0.0432. The van der Waals surface area contributed by atoms with Crippen molar-refractivity contribution in [3.63, 3.8) is 0 Å². The van der Waals surface area contributed by atoms with Crippen LogP contribution < -0.4 is 11.5 Å². The van der Waals surface area contributed by atoms with Crippen LogP contribution in [0.15, 0.2) is 18.2 Å². The number of fused-ring (bicyclic) bond motifs is 1. The monoisotopic (exact) mass is 435 g/mol. The number of rotatable bonds is 2. The van der Waals surface area contributed by atoms with Crippen LogP contribution in [-0.2, 0) is 19.0 Å². The fourth-order valence-electron chi connectivity index (χ4n) is 4.28. The molecular weight excluding hydrogens is 403 g/mol. The van der Waals surface area contributed by atoms with Crippen molar-refractivity contribution in [3.05, 3.63) is 34.9 Å². The zero-order valence-electron chi connectivity index (χ0n) is 18.3. The maximum Gasteiger partial charge on any atom is 0.416 e. The standard InChI is InChI=1S/C15H15F3N4.C8H17N/c16-15(17,18)8-5-6-11(12(19)7-8)13-9-3-1-2-4-10(9)14(20)22-21-13;1-8(2)9-6-4-3-5-7-9/h5-7H,1-4,19H2,(H2,20,22);8H,3-7H2,1-2H3. The number of hydrogen-bond donors (Lipinski definition) is 2. The number of nitrogens with two attached hydrogens (primary N) is 2. The molecule has 4 rings (SSSR count). The third-order valence-corrected chi connectivity index (χ3v) is 6.08. The van der Waals surface area contributed by atoms with Crippen LogP contribution in [0.1, 0.15) is 62.6 Å². The summed E-state index contributed by atoms with van der Waals surface area (Å²) in [5.41, 5.74) is 13.8. The SMILES string of the molecule is CC(C)N1CCCCC1.Nc1cc(C(F)(F)F)ccc1-c1nnc(N)c2c1CCCC2. The molecule has 1 aliphatic heterocycles. The number of nitrogens with zero attached hydrogens (tertiary/aromatic N) is 3. The summed E-state index contributed by atoms with van der Waals surface area (Å²) in [6, 6.07) is 4.07. The first-order chi connectivity index (χ1) is 14.7. The van der Waals surface area contributed by atoms with Crippen molar-refractivity contribution in [1.82, 2.24) is 15.1 Å². The van der Waals surface area contributed by atoms with Gasteiger partial charge in [0.25, 0.3) is 0 Å². The van der Waals surface area contributed by atoms with Gasteiger partial charge in [0.2, 0.25) is 0 Å². The van der Waals surface area contributed by atoms with E-state index in [0.717, 1.165) is 55.0 Å². The van der Waals surface area contributed by atoms with E-state index in [1.54, 1.807) is 0 Å². The molecule has 5 nitrogen and oxygen atoms in total. The van der Waals surface area contributed by atoms with Crippen LogP contribution in [-0.4, -0.2) is 34.2 Å². The molecule has 0 atom stereocenters. The third kappa shape index (κ3) is 5.67. The van der Waals surface area contributed by atoms with Gasteiger partial charge in [-0.05, 0) is 83.2 Å². The molecule has 1 aliphatic carbocycles. The van der Waals surface area contributed by atoms with Crippen molar-refractivity contribution in [2.45, 2.75) is 71.0 Å². The molecule has 0 spiro atoms. The number of benzene rings is 1. The van der Waals surface area contributed by atoms with Gasteiger partial charge in [-0.25, -0.2) is 0 Å². The number of piperidine rings is 1. The Bertz CT molecular complexity index is 890. The molecule has 2 aliphatic rings. The van der Waals surface area contributed by atoms with Crippen molar-refractivity contribution < 1.29 is 13.2 Å². The number of nitrogen functional groups attached to an aromatic ring is 2. The Morgan fingerprint density at radius 2 is 1.55 bits per heavy atom. The van der Waals surface area contributed by atoms with Crippen LogP contribution in [0.2, 0.25) is 0 Å². The van der Waals surface area contributed by atoms with Crippen LogP contribution in [0.3, 0.4) is 0 Å². The maximum atomic E-state index is 12.7. The molecule has 1 fully saturated rings. The van der Waals surface area contributed by atoms with Gasteiger partial charge in [0.15, 0.2) is 0 Å². The number of aromatic nitrogens is 2. The first kappa shape index (κ1) is 23.3. The Labute approximate surface area is 182 Å². The van der Waals surface area contributed by atoms with Crippen LogP contribution in [0.25, 0.3) is 11.3 Å². The molecule has 2 aromatic rings. The van der Waals surface area contributed by atoms with Crippen molar-refractivity contribution in [2.24, 2.45) is 0 Å². The molecule has 0 radical (unpaired) electrons. The minimum atomic E-state index is -4.42. The lowest BCUT2D eigenvalue weighted by atomic mass is 9.89. The molecule has 0 bridgehead atoms. The molecule has 8 heteroatoms. The summed E-state index contributed by atoms with van der Waals surface area (Å²) in [5, 5.41) is 8.01. The number of likely N-dealkylation sites (tertiary alicyclic amines) is 1. The third-order valence-electron chi connectivity index (χ3n) is 6.08. The predicted octanol–water partition coefficient (Wildman–Crippen LogP) is 5.09. The van der Waals surface area contributed by atoms with E-state index in [9.17, 15) is 13.2 Å². The van der Waals surface area contributed by atoms with Crippen molar-refractivity contribution in [1.29, 1.82) is 0 Å². The zero-order chi connectivity index (χ0) is 22.6. The lowest BCUT2D eigenvalue weighted by Gasteiger charge is -2.29. The average Bonchev–Trinajstić information content (AvgIpc) is 2.75. The van der Waals surface area contributed by atoms with Gasteiger partial charge in [0, 0.05) is 22.9 Å². The lowest BCUT2D eigenvalue weighted by Crippen LogP contribution is -2.35. The van der Waals surface area contributed by atoms with E-state index >= 15 is 0 Å². The summed E-state index contributed by atoms with van der Waals surface area (Å²) in [4.78, 5) is 2.56. The Morgan fingerprint density at radius 1 is 0.903 bits per heavy atom. The highest BCUT2D eigenvalue weighted by Gasteiger charge is 2.31. The summed E-state index contributed by atoms with van der Waals surface area (Å²) in [7, 11) is 0. The molecule has 0 unspecified atom stereocenters. The molecule has 1 aromatic carbocycles. The van der Waals surface area contributed by atoms with Gasteiger partial charge in [-0.3, -0.25) is 0 Å². The predicted molar refractivity (Wildman–Crippen MR) is 118 cm³/mol. The highest BCUT2D eigenvalue weighted by Crippen LogP contribution is 2.37. The largest absolute Gasteiger partial charge is 0.416 e. The van der Waals surface area contributed by atoms with Crippen LogP contribution in [0.5, 0.6) is 0 Å². The first-order valence-electron chi connectivity index (χ1n) is 11.0. The molecule has 2 heterocycles. The first-order valence-corrected chi connectivity index (χ1v) is 11.0. The summed E-state index contributed by atoms with van der Waals surface area (Å²) >= 11 is 0. The summed E-state index contributed by atoms with van der Waals surface area (Å²) in [6.07, 6.45) is 3.46. The molecular formula is C23H32F3N5. The van der Waals surface area contributed by atoms with Gasteiger partial charge in [-0.1, -0.05) is 12.5 Å². The van der Waals surface area contributed by atoms with E-state index in [0.29, 0.717) is 17.1 Å². The quantitative estimate of drug-likeness (QED) is 0.643. The highest BCUT2D eigenvalue weighted by atomic mass is 19.4. The Kier molecular flexibility index (Phi) is 7.41. The van der Waals surface area contributed by atoms with E-state index in [-0.39, 0.29) is 5.69 Å². The smallest absolute Gasteiger partial charge is 0.398 e. The zero-order valence-corrected chi connectivity index (χ0v) is 18.3. The average molecular weight is 436 g/mol. The molecule has 1 saturated heterocycles. The summed E-state index contributed by atoms with van der Waals surface area (Å²) in [6.45, 7) is 7.23. The van der Waals surface area contributed by atoms with E-state index < -0.39 is 11.7 Å². The molecule has 1 aromatic heterocycles. The topological polar surface area (TPSA) is 81.1 Å². The second-order valence-electron chi connectivity index (χ2n) is 8.59. The van der Waals surface area contributed by atoms with E-state index in [1.807, 2.05) is 0 Å². The second-order valence-corrected chi connectivity index (χ2v) is 8.59. The van der Waals surface area contributed by atoms with Gasteiger partial charge in [0.1, 0.15) is 5.82 Å². The van der Waals surface area contributed by atoms with Crippen LogP contribution >= 0.6 is 0 Å². The van der Waals surface area contributed by atoms with Crippen molar-refractivity contribution in [2.75, 3.05) is 24.6 Å². The summed E-state index contributed by atoms with van der Waals surface area (Å²) in [5.74, 6) is 0.393. The Balaban J connectivity index is 0.000000254. The van der Waals surface area contributed by atoms with Crippen LogP contribution in [0.4, 0.5) is 24.7 Å². The van der Waals surface area contributed by atoms with E-state index in [2.05, 4.69) is 28.9 Å². The Hall–Kier alpha value is -2.35. The molecule has 170 valence electrons.